The standard InChI is InChI=1S/C12H7Br2FOS/c13-8-1-2-10(15)7(3-8)4-11(16)12-5-9(14)6-17-12/h1-3,5-6H,4H2. The first-order valence-electron chi connectivity index (χ1n) is 4.77. The van der Waals surface area contributed by atoms with Crippen LogP contribution in [0.4, 0.5) is 4.39 Å². The van der Waals surface area contributed by atoms with E-state index in [9.17, 15) is 9.18 Å². The van der Waals surface area contributed by atoms with E-state index < -0.39 is 0 Å². The minimum Gasteiger partial charge on any atom is -0.293 e. The zero-order valence-electron chi connectivity index (χ0n) is 8.54. The third-order valence-electron chi connectivity index (χ3n) is 2.20. The molecule has 0 aliphatic heterocycles. The second-order valence-corrected chi connectivity index (χ2v) is 6.21. The summed E-state index contributed by atoms with van der Waals surface area (Å²) in [5, 5.41) is 1.84. The van der Waals surface area contributed by atoms with Crippen LogP contribution < -0.4 is 0 Å². The number of hydrogen-bond acceptors (Lipinski definition) is 2. The Morgan fingerprint density at radius 3 is 2.65 bits per heavy atom. The Hall–Kier alpha value is -0.520. The molecule has 0 saturated heterocycles. The molecule has 2 rings (SSSR count). The topological polar surface area (TPSA) is 17.1 Å². The predicted octanol–water partition coefficient (Wildman–Crippen LogP) is 4.84. The number of benzene rings is 1. The maximum absolute atomic E-state index is 13.5. The molecule has 1 aromatic heterocycles. The lowest BCUT2D eigenvalue weighted by Gasteiger charge is -2.02. The van der Waals surface area contributed by atoms with E-state index >= 15 is 0 Å². The number of carbonyl (C=O) groups excluding carboxylic acids is 1. The van der Waals surface area contributed by atoms with Gasteiger partial charge in [0.25, 0.3) is 0 Å². The van der Waals surface area contributed by atoms with Crippen molar-refractivity contribution in [3.05, 3.63) is 54.8 Å². The molecule has 0 unspecified atom stereocenters. The van der Waals surface area contributed by atoms with Gasteiger partial charge in [0, 0.05) is 20.7 Å². The third-order valence-corrected chi connectivity index (χ3v) is 4.43. The lowest BCUT2D eigenvalue weighted by Crippen LogP contribution is -2.03. The number of carbonyl (C=O) groups is 1. The molecule has 0 N–H and O–H groups in total. The molecule has 0 saturated carbocycles. The molecule has 1 aromatic carbocycles. The van der Waals surface area contributed by atoms with Gasteiger partial charge in [-0.25, -0.2) is 4.39 Å². The molecule has 2 aromatic rings. The number of thiophene rings is 1. The quantitative estimate of drug-likeness (QED) is 0.699. The average molecular weight is 378 g/mol. The summed E-state index contributed by atoms with van der Waals surface area (Å²) in [4.78, 5) is 12.5. The fourth-order valence-corrected chi connectivity index (χ4v) is 3.17. The van der Waals surface area contributed by atoms with Crippen molar-refractivity contribution in [2.45, 2.75) is 6.42 Å². The molecule has 0 aliphatic rings. The fourth-order valence-electron chi connectivity index (χ4n) is 1.40. The summed E-state index contributed by atoms with van der Waals surface area (Å²) < 4.78 is 15.1. The van der Waals surface area contributed by atoms with Gasteiger partial charge in [-0.15, -0.1) is 11.3 Å². The highest BCUT2D eigenvalue weighted by atomic mass is 79.9. The highest BCUT2D eigenvalue weighted by Crippen LogP contribution is 2.23. The van der Waals surface area contributed by atoms with Crippen molar-refractivity contribution in [1.82, 2.24) is 0 Å². The molecule has 0 radical (unpaired) electrons. The molecule has 0 bridgehead atoms. The van der Waals surface area contributed by atoms with Crippen molar-refractivity contribution in [2.75, 3.05) is 0 Å². The number of Topliss-reactive ketones (excluding diaryl/α,β-unsaturated/α-hetero) is 1. The van der Waals surface area contributed by atoms with Crippen molar-refractivity contribution in [3.63, 3.8) is 0 Å². The Bertz CT molecular complexity index is 565. The molecule has 5 heteroatoms. The molecule has 88 valence electrons. The average Bonchev–Trinajstić information content (AvgIpc) is 2.70. The molecule has 0 atom stereocenters. The molecule has 17 heavy (non-hydrogen) atoms. The Balaban J connectivity index is 2.21. The van der Waals surface area contributed by atoms with Crippen LogP contribution in [0.2, 0.25) is 0 Å². The van der Waals surface area contributed by atoms with E-state index in [4.69, 9.17) is 0 Å². The van der Waals surface area contributed by atoms with Crippen LogP contribution in [0, 0.1) is 5.82 Å². The molecule has 0 spiro atoms. The van der Waals surface area contributed by atoms with Gasteiger partial charge in [-0.2, -0.15) is 0 Å². The molecule has 1 nitrogen and oxygen atoms in total. The highest BCUT2D eigenvalue weighted by Gasteiger charge is 2.12. The van der Waals surface area contributed by atoms with Crippen molar-refractivity contribution in [1.29, 1.82) is 0 Å². The van der Waals surface area contributed by atoms with Gasteiger partial charge in [-0.1, -0.05) is 15.9 Å². The smallest absolute Gasteiger partial charge is 0.177 e. The highest BCUT2D eigenvalue weighted by molar-refractivity contribution is 9.10. The van der Waals surface area contributed by atoms with Crippen molar-refractivity contribution >= 4 is 49.0 Å². The van der Waals surface area contributed by atoms with E-state index in [0.717, 1.165) is 8.95 Å². The molecule has 0 aliphatic carbocycles. The Morgan fingerprint density at radius 1 is 1.24 bits per heavy atom. The summed E-state index contributed by atoms with van der Waals surface area (Å²) in [6.45, 7) is 0. The van der Waals surface area contributed by atoms with Crippen LogP contribution in [0.5, 0.6) is 0 Å². The SMILES string of the molecule is O=C(Cc1cc(Br)ccc1F)c1cc(Br)cs1. The van der Waals surface area contributed by atoms with E-state index in [1.54, 1.807) is 18.2 Å². The van der Waals surface area contributed by atoms with Gasteiger partial charge in [-0.05, 0) is 45.8 Å². The maximum atomic E-state index is 13.5. The van der Waals surface area contributed by atoms with E-state index in [0.29, 0.717) is 10.4 Å². The van der Waals surface area contributed by atoms with Gasteiger partial charge in [-0.3, -0.25) is 4.79 Å². The van der Waals surface area contributed by atoms with Crippen LogP contribution in [0.25, 0.3) is 0 Å². The summed E-state index contributed by atoms with van der Waals surface area (Å²) in [7, 11) is 0. The number of rotatable bonds is 3. The van der Waals surface area contributed by atoms with E-state index in [2.05, 4.69) is 31.9 Å². The van der Waals surface area contributed by atoms with Gasteiger partial charge < -0.3 is 0 Å². The lowest BCUT2D eigenvalue weighted by atomic mass is 10.1. The summed E-state index contributed by atoms with van der Waals surface area (Å²) in [5.74, 6) is -0.421. The normalized spacial score (nSPS) is 10.5. The number of ketones is 1. The maximum Gasteiger partial charge on any atom is 0.177 e. The van der Waals surface area contributed by atoms with Crippen LogP contribution in [0.3, 0.4) is 0 Å². The zero-order valence-corrected chi connectivity index (χ0v) is 12.5. The van der Waals surface area contributed by atoms with E-state index in [1.807, 2.05) is 5.38 Å². The molecule has 0 amide bonds. The Labute approximate surface area is 119 Å². The van der Waals surface area contributed by atoms with Gasteiger partial charge >= 0.3 is 0 Å². The van der Waals surface area contributed by atoms with Crippen molar-refractivity contribution in [3.8, 4) is 0 Å². The van der Waals surface area contributed by atoms with Gasteiger partial charge in [0.15, 0.2) is 5.78 Å². The van der Waals surface area contributed by atoms with Gasteiger partial charge in [0.05, 0.1) is 4.88 Å². The molecule has 0 fully saturated rings. The van der Waals surface area contributed by atoms with Gasteiger partial charge in [0.2, 0.25) is 0 Å². The zero-order chi connectivity index (χ0) is 12.4. The Morgan fingerprint density at radius 2 is 2.00 bits per heavy atom. The minimum atomic E-state index is -0.350. The predicted molar refractivity (Wildman–Crippen MR) is 74.2 cm³/mol. The lowest BCUT2D eigenvalue weighted by molar-refractivity contribution is 0.0995. The second-order valence-electron chi connectivity index (χ2n) is 3.46. The van der Waals surface area contributed by atoms with Gasteiger partial charge in [0.1, 0.15) is 5.82 Å². The second kappa shape index (κ2) is 5.42. The minimum absolute atomic E-state index is 0.0716. The number of hydrogen-bond donors (Lipinski definition) is 0. The summed E-state index contributed by atoms with van der Waals surface area (Å²) in [6.07, 6.45) is 0.0816. The van der Waals surface area contributed by atoms with E-state index in [1.165, 1.54) is 17.4 Å². The summed E-state index contributed by atoms with van der Waals surface area (Å²) >= 11 is 7.91. The monoisotopic (exact) mass is 376 g/mol. The van der Waals surface area contributed by atoms with Crippen LogP contribution >= 0.6 is 43.2 Å². The van der Waals surface area contributed by atoms with Crippen LogP contribution in [-0.4, -0.2) is 5.78 Å². The van der Waals surface area contributed by atoms with Crippen molar-refractivity contribution in [2.24, 2.45) is 0 Å². The largest absolute Gasteiger partial charge is 0.293 e. The third kappa shape index (κ3) is 3.24. The van der Waals surface area contributed by atoms with Crippen LogP contribution in [0.1, 0.15) is 15.2 Å². The first kappa shape index (κ1) is 12.9. The fraction of sp³-hybridized carbons (Fsp3) is 0.0833. The van der Waals surface area contributed by atoms with Crippen LogP contribution in [0.15, 0.2) is 38.6 Å². The van der Waals surface area contributed by atoms with Crippen LogP contribution in [-0.2, 0) is 6.42 Å². The summed E-state index contributed by atoms with van der Waals surface area (Å²) in [5.41, 5.74) is 0.411. The Kier molecular flexibility index (Phi) is 4.12. The molecular formula is C12H7Br2FOS. The first-order chi connectivity index (χ1) is 8.06. The molecule has 1 heterocycles. The van der Waals surface area contributed by atoms with Crippen molar-refractivity contribution < 1.29 is 9.18 Å². The molecular weight excluding hydrogens is 371 g/mol. The first-order valence-corrected chi connectivity index (χ1v) is 7.24. The summed E-state index contributed by atoms with van der Waals surface area (Å²) in [6, 6.07) is 6.36. The van der Waals surface area contributed by atoms with E-state index in [-0.39, 0.29) is 18.0 Å². The number of halogens is 3.